The summed E-state index contributed by atoms with van der Waals surface area (Å²) in [5.41, 5.74) is 1.28. The number of carbonyl (C=O) groups excluding carboxylic acids is 2. The standard InChI is InChI=1S/C20H30N4O3.ClH/c1-14(22-18(25)20(13-27-2)9-11-21-12-10-20)15-3-5-16(6-4-15)23-19(26)24-17-7-8-17;/h3-6,14,17,21H,7-13H2,1-2H3,(H,22,25)(H2,23,24,26);1H. The smallest absolute Gasteiger partial charge is 0.319 e. The molecule has 1 atom stereocenters. The summed E-state index contributed by atoms with van der Waals surface area (Å²) in [5, 5.41) is 12.2. The Labute approximate surface area is 172 Å². The molecule has 0 radical (unpaired) electrons. The van der Waals surface area contributed by atoms with E-state index in [1.54, 1.807) is 7.11 Å². The largest absolute Gasteiger partial charge is 0.384 e. The molecule has 2 aliphatic rings. The maximum absolute atomic E-state index is 12.9. The van der Waals surface area contributed by atoms with Gasteiger partial charge in [-0.2, -0.15) is 0 Å². The number of hydrogen-bond acceptors (Lipinski definition) is 4. The number of carbonyl (C=O) groups is 2. The zero-order valence-corrected chi connectivity index (χ0v) is 17.4. The summed E-state index contributed by atoms with van der Waals surface area (Å²) in [7, 11) is 1.64. The van der Waals surface area contributed by atoms with Gasteiger partial charge < -0.3 is 26.0 Å². The van der Waals surface area contributed by atoms with Crippen LogP contribution in [0.25, 0.3) is 0 Å². The first-order valence-corrected chi connectivity index (χ1v) is 9.70. The second-order valence-corrected chi connectivity index (χ2v) is 7.65. The number of urea groups is 1. The van der Waals surface area contributed by atoms with Gasteiger partial charge >= 0.3 is 6.03 Å². The maximum Gasteiger partial charge on any atom is 0.319 e. The Morgan fingerprint density at radius 1 is 1.21 bits per heavy atom. The van der Waals surface area contributed by atoms with E-state index in [9.17, 15) is 9.59 Å². The lowest BCUT2D eigenvalue weighted by atomic mass is 9.78. The molecule has 28 heavy (non-hydrogen) atoms. The van der Waals surface area contributed by atoms with E-state index in [1.807, 2.05) is 31.2 Å². The van der Waals surface area contributed by atoms with E-state index in [2.05, 4.69) is 21.3 Å². The van der Waals surface area contributed by atoms with Crippen LogP contribution in [0.15, 0.2) is 24.3 Å². The molecule has 156 valence electrons. The van der Waals surface area contributed by atoms with Crippen molar-refractivity contribution >= 4 is 30.0 Å². The molecule has 1 saturated heterocycles. The van der Waals surface area contributed by atoms with E-state index in [4.69, 9.17) is 4.74 Å². The van der Waals surface area contributed by atoms with Crippen LogP contribution in [0.1, 0.15) is 44.2 Å². The van der Waals surface area contributed by atoms with Crippen LogP contribution in [0.2, 0.25) is 0 Å². The van der Waals surface area contributed by atoms with E-state index in [1.165, 1.54) is 0 Å². The van der Waals surface area contributed by atoms with Crippen molar-refractivity contribution in [1.82, 2.24) is 16.0 Å². The number of hydrogen-bond donors (Lipinski definition) is 4. The van der Waals surface area contributed by atoms with Crippen LogP contribution in [0.3, 0.4) is 0 Å². The average Bonchev–Trinajstić information content (AvgIpc) is 3.47. The highest BCUT2D eigenvalue weighted by molar-refractivity contribution is 5.89. The monoisotopic (exact) mass is 410 g/mol. The van der Waals surface area contributed by atoms with Gasteiger partial charge in [-0.15, -0.1) is 12.4 Å². The number of benzene rings is 1. The fourth-order valence-corrected chi connectivity index (χ4v) is 3.49. The lowest BCUT2D eigenvalue weighted by Gasteiger charge is -2.36. The second-order valence-electron chi connectivity index (χ2n) is 7.65. The summed E-state index contributed by atoms with van der Waals surface area (Å²) in [6.45, 7) is 4.07. The Kier molecular flexibility index (Phi) is 8.10. The molecule has 1 unspecified atom stereocenters. The molecule has 2 fully saturated rings. The first-order valence-electron chi connectivity index (χ1n) is 9.70. The van der Waals surface area contributed by atoms with Crippen LogP contribution in [0, 0.1) is 5.41 Å². The third kappa shape index (κ3) is 5.83. The van der Waals surface area contributed by atoms with Crippen molar-refractivity contribution < 1.29 is 14.3 Å². The Morgan fingerprint density at radius 3 is 2.43 bits per heavy atom. The maximum atomic E-state index is 12.9. The van der Waals surface area contributed by atoms with Gasteiger partial charge in [0.15, 0.2) is 0 Å². The molecule has 1 aromatic carbocycles. The van der Waals surface area contributed by atoms with Crippen molar-refractivity contribution in [1.29, 1.82) is 0 Å². The quantitative estimate of drug-likeness (QED) is 0.556. The normalized spacial score (nSPS) is 19.1. The molecule has 1 aliphatic heterocycles. The van der Waals surface area contributed by atoms with Crippen molar-refractivity contribution in [2.24, 2.45) is 5.41 Å². The molecule has 8 heteroatoms. The molecule has 7 nitrogen and oxygen atoms in total. The topological polar surface area (TPSA) is 91.5 Å². The summed E-state index contributed by atoms with van der Waals surface area (Å²) in [5.74, 6) is 0.0457. The number of ether oxygens (including phenoxy) is 1. The van der Waals surface area contributed by atoms with Crippen LogP contribution in [-0.4, -0.2) is 44.8 Å². The fourth-order valence-electron chi connectivity index (χ4n) is 3.49. The van der Waals surface area contributed by atoms with Crippen molar-refractivity contribution in [2.45, 2.75) is 44.7 Å². The fraction of sp³-hybridized carbons (Fsp3) is 0.600. The Bertz CT molecular complexity index is 652. The van der Waals surface area contributed by atoms with Crippen LogP contribution in [0.4, 0.5) is 10.5 Å². The predicted octanol–water partition coefficient (Wildman–Crippen LogP) is 2.59. The van der Waals surface area contributed by atoms with Gasteiger partial charge in [0, 0.05) is 18.8 Å². The first-order chi connectivity index (χ1) is 13.0. The summed E-state index contributed by atoms with van der Waals surface area (Å²) in [6, 6.07) is 7.63. The second kappa shape index (κ2) is 10.1. The minimum Gasteiger partial charge on any atom is -0.384 e. The van der Waals surface area contributed by atoms with Gasteiger partial charge in [-0.3, -0.25) is 4.79 Å². The summed E-state index contributed by atoms with van der Waals surface area (Å²) in [6.07, 6.45) is 3.67. The third-order valence-electron chi connectivity index (χ3n) is 5.39. The number of piperidine rings is 1. The van der Waals surface area contributed by atoms with Gasteiger partial charge in [0.25, 0.3) is 0 Å². The SMILES string of the molecule is COCC1(C(=O)NC(C)c2ccc(NC(=O)NC3CC3)cc2)CCNCC1.Cl. The molecule has 4 N–H and O–H groups in total. The first kappa shape index (κ1) is 22.5. The molecule has 0 bridgehead atoms. The summed E-state index contributed by atoms with van der Waals surface area (Å²) >= 11 is 0. The van der Waals surface area contributed by atoms with Gasteiger partial charge in [0.05, 0.1) is 18.1 Å². The molecular weight excluding hydrogens is 380 g/mol. The zero-order valence-electron chi connectivity index (χ0n) is 16.5. The van der Waals surface area contributed by atoms with Crippen molar-refractivity contribution in [2.75, 3.05) is 32.1 Å². The number of halogens is 1. The molecule has 1 aromatic rings. The minimum atomic E-state index is -0.462. The number of methoxy groups -OCH3 is 1. The van der Waals surface area contributed by atoms with E-state index in [0.717, 1.165) is 50.0 Å². The van der Waals surface area contributed by atoms with Crippen LogP contribution in [-0.2, 0) is 9.53 Å². The Morgan fingerprint density at radius 2 is 1.86 bits per heavy atom. The highest BCUT2D eigenvalue weighted by Gasteiger charge is 2.40. The van der Waals surface area contributed by atoms with Crippen LogP contribution >= 0.6 is 12.4 Å². The molecule has 0 aromatic heterocycles. The van der Waals surface area contributed by atoms with Crippen molar-refractivity contribution in [3.05, 3.63) is 29.8 Å². The van der Waals surface area contributed by atoms with Crippen molar-refractivity contribution in [3.63, 3.8) is 0 Å². The number of amides is 3. The molecule has 1 saturated carbocycles. The average molecular weight is 411 g/mol. The predicted molar refractivity (Wildman–Crippen MR) is 112 cm³/mol. The number of rotatable bonds is 7. The van der Waals surface area contributed by atoms with Gasteiger partial charge in [-0.25, -0.2) is 4.79 Å². The number of anilines is 1. The van der Waals surface area contributed by atoms with Gasteiger partial charge in [0.1, 0.15) is 0 Å². The molecule has 1 aliphatic carbocycles. The molecule has 1 heterocycles. The third-order valence-corrected chi connectivity index (χ3v) is 5.39. The van der Waals surface area contributed by atoms with Crippen molar-refractivity contribution in [3.8, 4) is 0 Å². The van der Waals surface area contributed by atoms with Gasteiger partial charge in [0.2, 0.25) is 5.91 Å². The minimum absolute atomic E-state index is 0. The van der Waals surface area contributed by atoms with E-state index < -0.39 is 5.41 Å². The Balaban J connectivity index is 0.00000280. The van der Waals surface area contributed by atoms with Gasteiger partial charge in [-0.1, -0.05) is 12.1 Å². The molecular formula is C20H31ClN4O3. The zero-order chi connectivity index (χ0) is 19.3. The summed E-state index contributed by atoms with van der Waals surface area (Å²) < 4.78 is 5.34. The lowest BCUT2D eigenvalue weighted by Crippen LogP contribution is -2.50. The Hall–Kier alpha value is -1.83. The number of nitrogens with one attached hydrogen (secondary N) is 4. The molecule has 3 rings (SSSR count). The van der Waals surface area contributed by atoms with Crippen LogP contribution in [0.5, 0.6) is 0 Å². The van der Waals surface area contributed by atoms with E-state index in [0.29, 0.717) is 12.6 Å². The van der Waals surface area contributed by atoms with Crippen LogP contribution < -0.4 is 21.3 Å². The highest BCUT2D eigenvalue weighted by Crippen LogP contribution is 2.30. The van der Waals surface area contributed by atoms with Gasteiger partial charge in [-0.05, 0) is 63.4 Å². The lowest BCUT2D eigenvalue weighted by molar-refractivity contribution is -0.136. The van der Waals surface area contributed by atoms with E-state index >= 15 is 0 Å². The highest BCUT2D eigenvalue weighted by atomic mass is 35.5. The summed E-state index contributed by atoms with van der Waals surface area (Å²) in [4.78, 5) is 24.7. The molecule has 0 spiro atoms. The molecule has 3 amide bonds. The van der Waals surface area contributed by atoms with E-state index in [-0.39, 0.29) is 30.4 Å².